The van der Waals surface area contributed by atoms with Crippen LogP contribution in [0.2, 0.25) is 0 Å². The highest BCUT2D eigenvalue weighted by Crippen LogP contribution is 2.30. The van der Waals surface area contributed by atoms with Crippen LogP contribution >= 0.6 is 15.9 Å². The minimum Gasteiger partial charge on any atom is -0.306 e. The Kier molecular flexibility index (Phi) is 4.89. The third-order valence-corrected chi connectivity index (χ3v) is 3.73. The maximum atomic E-state index is 14.0. The Hall–Kier alpha value is -1.26. The number of halogens is 3. The second kappa shape index (κ2) is 6.46. The van der Waals surface area contributed by atoms with Crippen LogP contribution in [0.25, 0.3) is 0 Å². The minimum absolute atomic E-state index is 0.0692. The molecule has 2 aromatic carbocycles. The summed E-state index contributed by atoms with van der Waals surface area (Å²) in [4.78, 5) is 0. The van der Waals surface area contributed by atoms with Crippen molar-refractivity contribution in [3.05, 3.63) is 69.2 Å². The lowest BCUT2D eigenvalue weighted by Gasteiger charge is -2.22. The van der Waals surface area contributed by atoms with Gasteiger partial charge in [0.2, 0.25) is 0 Å². The molecule has 1 atom stereocenters. The van der Waals surface area contributed by atoms with E-state index in [0.717, 1.165) is 15.6 Å². The summed E-state index contributed by atoms with van der Waals surface area (Å²) in [5.74, 6) is -1.06. The molecule has 0 saturated carbocycles. The lowest BCUT2D eigenvalue weighted by molar-refractivity contribution is 0.509. The molecule has 1 nitrogen and oxygen atoms in total. The van der Waals surface area contributed by atoms with Gasteiger partial charge in [0.1, 0.15) is 11.6 Å². The Balaban J connectivity index is 2.56. The van der Waals surface area contributed by atoms with E-state index in [0.29, 0.717) is 6.54 Å². The molecule has 0 aliphatic heterocycles. The lowest BCUT2D eigenvalue weighted by atomic mass is 9.94. The van der Waals surface area contributed by atoms with E-state index in [1.54, 1.807) is 0 Å². The van der Waals surface area contributed by atoms with Gasteiger partial charge in [0, 0.05) is 10.0 Å². The summed E-state index contributed by atoms with van der Waals surface area (Å²) in [6.07, 6.45) is 0. The minimum atomic E-state index is -0.529. The molecule has 1 N–H and O–H groups in total. The van der Waals surface area contributed by atoms with Crippen molar-refractivity contribution in [1.82, 2.24) is 5.32 Å². The molecule has 1 unspecified atom stereocenters. The number of benzene rings is 2. The van der Waals surface area contributed by atoms with Crippen molar-refractivity contribution in [2.75, 3.05) is 6.54 Å². The van der Waals surface area contributed by atoms with Gasteiger partial charge in [-0.25, -0.2) is 8.78 Å². The van der Waals surface area contributed by atoms with E-state index in [2.05, 4.69) is 21.2 Å². The van der Waals surface area contributed by atoms with E-state index in [1.807, 2.05) is 32.0 Å². The monoisotopic (exact) mass is 339 g/mol. The van der Waals surface area contributed by atoms with Crippen LogP contribution in [0.15, 0.2) is 40.9 Å². The average Bonchev–Trinajstić information content (AvgIpc) is 2.38. The molecule has 0 saturated heterocycles. The first-order valence-corrected chi connectivity index (χ1v) is 7.27. The summed E-state index contributed by atoms with van der Waals surface area (Å²) in [6, 6.07) is 9.18. The Morgan fingerprint density at radius 2 is 1.80 bits per heavy atom. The summed E-state index contributed by atoms with van der Waals surface area (Å²) in [5, 5.41) is 3.16. The van der Waals surface area contributed by atoms with Gasteiger partial charge in [0.25, 0.3) is 0 Å². The average molecular weight is 340 g/mol. The molecule has 0 radical (unpaired) electrons. The smallest absolute Gasteiger partial charge is 0.131 e. The van der Waals surface area contributed by atoms with Gasteiger partial charge in [0.15, 0.2) is 0 Å². The molecule has 0 aromatic heterocycles. The zero-order chi connectivity index (χ0) is 14.7. The molecule has 20 heavy (non-hydrogen) atoms. The molecule has 0 aliphatic carbocycles. The fourth-order valence-electron chi connectivity index (χ4n) is 2.32. The van der Waals surface area contributed by atoms with E-state index in [-0.39, 0.29) is 5.56 Å². The third-order valence-electron chi connectivity index (χ3n) is 3.24. The quantitative estimate of drug-likeness (QED) is 0.848. The Bertz CT molecular complexity index is 593. The van der Waals surface area contributed by atoms with Crippen molar-refractivity contribution in [1.29, 1.82) is 0 Å². The topological polar surface area (TPSA) is 12.0 Å². The van der Waals surface area contributed by atoms with E-state index >= 15 is 0 Å². The zero-order valence-corrected chi connectivity index (χ0v) is 13.0. The van der Waals surface area contributed by atoms with Gasteiger partial charge in [0.05, 0.1) is 6.04 Å². The Morgan fingerprint density at radius 3 is 2.35 bits per heavy atom. The van der Waals surface area contributed by atoms with Crippen molar-refractivity contribution in [2.45, 2.75) is 19.9 Å². The van der Waals surface area contributed by atoms with Crippen LogP contribution in [0.5, 0.6) is 0 Å². The molecule has 0 amide bonds. The zero-order valence-electron chi connectivity index (χ0n) is 11.4. The van der Waals surface area contributed by atoms with E-state index in [4.69, 9.17) is 0 Å². The van der Waals surface area contributed by atoms with Crippen LogP contribution in [0.3, 0.4) is 0 Å². The van der Waals surface area contributed by atoms with E-state index in [1.165, 1.54) is 18.2 Å². The predicted octanol–water partition coefficient (Wildman–Crippen LogP) is 4.73. The van der Waals surface area contributed by atoms with Crippen LogP contribution in [-0.4, -0.2) is 6.54 Å². The number of hydrogen-bond acceptors (Lipinski definition) is 1. The molecule has 2 rings (SSSR count). The molecule has 0 bridgehead atoms. The predicted molar refractivity (Wildman–Crippen MR) is 80.8 cm³/mol. The number of aryl methyl sites for hydroxylation is 1. The van der Waals surface area contributed by atoms with Crippen LogP contribution in [0.1, 0.15) is 29.7 Å². The molecule has 2 aromatic rings. The lowest BCUT2D eigenvalue weighted by Crippen LogP contribution is -2.24. The maximum absolute atomic E-state index is 14.0. The second-order valence-corrected chi connectivity index (χ2v) is 5.54. The van der Waals surface area contributed by atoms with Crippen LogP contribution in [0.4, 0.5) is 8.78 Å². The van der Waals surface area contributed by atoms with Gasteiger partial charge in [-0.1, -0.05) is 35.0 Å². The summed E-state index contributed by atoms with van der Waals surface area (Å²) in [7, 11) is 0. The maximum Gasteiger partial charge on any atom is 0.131 e. The van der Waals surface area contributed by atoms with Crippen molar-refractivity contribution in [2.24, 2.45) is 0 Å². The SMILES string of the molecule is CCNC(c1ccc(Br)cc1C)c1c(F)cccc1F. The molecule has 4 heteroatoms. The Labute approximate surface area is 126 Å². The molecule has 0 spiro atoms. The number of nitrogens with one attached hydrogen (secondary N) is 1. The normalized spacial score (nSPS) is 12.4. The Morgan fingerprint density at radius 1 is 1.15 bits per heavy atom. The fourth-order valence-corrected chi connectivity index (χ4v) is 2.80. The van der Waals surface area contributed by atoms with Crippen LogP contribution < -0.4 is 5.32 Å². The molecule has 106 valence electrons. The standard InChI is InChI=1S/C16H16BrF2N/c1-3-20-16(12-8-7-11(17)9-10(12)2)15-13(18)5-4-6-14(15)19/h4-9,16,20H,3H2,1-2H3. The third kappa shape index (κ3) is 3.07. The molecule has 0 heterocycles. The number of hydrogen-bond donors (Lipinski definition) is 1. The van der Waals surface area contributed by atoms with Gasteiger partial charge in [-0.3, -0.25) is 0 Å². The first-order chi connectivity index (χ1) is 9.54. The molecular weight excluding hydrogens is 324 g/mol. The van der Waals surface area contributed by atoms with E-state index in [9.17, 15) is 8.78 Å². The van der Waals surface area contributed by atoms with Gasteiger partial charge in [-0.05, 0) is 48.9 Å². The van der Waals surface area contributed by atoms with Gasteiger partial charge >= 0.3 is 0 Å². The van der Waals surface area contributed by atoms with Crippen molar-refractivity contribution >= 4 is 15.9 Å². The highest BCUT2D eigenvalue weighted by atomic mass is 79.9. The highest BCUT2D eigenvalue weighted by molar-refractivity contribution is 9.10. The van der Waals surface area contributed by atoms with Crippen LogP contribution in [0, 0.1) is 18.6 Å². The van der Waals surface area contributed by atoms with Gasteiger partial charge in [-0.2, -0.15) is 0 Å². The van der Waals surface area contributed by atoms with Crippen molar-refractivity contribution in [3.63, 3.8) is 0 Å². The molecule has 0 fully saturated rings. The highest BCUT2D eigenvalue weighted by Gasteiger charge is 2.22. The first kappa shape index (κ1) is 15.1. The van der Waals surface area contributed by atoms with Crippen molar-refractivity contribution < 1.29 is 8.78 Å². The van der Waals surface area contributed by atoms with E-state index < -0.39 is 17.7 Å². The second-order valence-electron chi connectivity index (χ2n) is 4.63. The summed E-state index contributed by atoms with van der Waals surface area (Å²) in [6.45, 7) is 4.47. The summed E-state index contributed by atoms with van der Waals surface area (Å²) < 4.78 is 29.0. The first-order valence-electron chi connectivity index (χ1n) is 6.48. The molecule has 0 aliphatic rings. The van der Waals surface area contributed by atoms with Gasteiger partial charge < -0.3 is 5.32 Å². The molecular formula is C16H16BrF2N. The van der Waals surface area contributed by atoms with Crippen LogP contribution in [-0.2, 0) is 0 Å². The van der Waals surface area contributed by atoms with Gasteiger partial charge in [-0.15, -0.1) is 0 Å². The summed E-state index contributed by atoms with van der Waals surface area (Å²) in [5.41, 5.74) is 1.92. The van der Waals surface area contributed by atoms with Crippen molar-refractivity contribution in [3.8, 4) is 0 Å². The largest absolute Gasteiger partial charge is 0.306 e. The fraction of sp³-hybridized carbons (Fsp3) is 0.250. The number of rotatable bonds is 4. The summed E-state index contributed by atoms with van der Waals surface area (Å²) >= 11 is 3.40.